The van der Waals surface area contributed by atoms with Crippen molar-refractivity contribution >= 4 is 34.6 Å². The maximum Gasteiger partial charge on any atom is 0.321 e. The molecule has 3 aromatic rings. The van der Waals surface area contributed by atoms with E-state index < -0.39 is 0 Å². The molecule has 4 rings (SSSR count). The molecule has 1 saturated heterocycles. The summed E-state index contributed by atoms with van der Waals surface area (Å²) in [6.45, 7) is 5.27. The predicted octanol–water partition coefficient (Wildman–Crippen LogP) is 4.82. The Labute approximate surface area is 185 Å². The number of nitrogens with zero attached hydrogens (tertiary/aromatic N) is 3. The molecule has 7 nitrogen and oxygen atoms in total. The molecular formula is C23H25N5O2S. The minimum atomic E-state index is -0.266. The molecule has 0 saturated carbocycles. The number of nitrogens with one attached hydrogen (secondary N) is 2. The van der Waals surface area contributed by atoms with Crippen LogP contribution >= 0.6 is 11.3 Å². The van der Waals surface area contributed by atoms with Crippen LogP contribution in [0.5, 0.6) is 0 Å². The molecule has 2 N–H and O–H groups in total. The highest BCUT2D eigenvalue weighted by molar-refractivity contribution is 7.13. The molecule has 1 aliphatic heterocycles. The number of aryl methyl sites for hydroxylation is 2. The second kappa shape index (κ2) is 9.26. The van der Waals surface area contributed by atoms with E-state index in [2.05, 4.69) is 20.8 Å². The monoisotopic (exact) mass is 435 g/mol. The van der Waals surface area contributed by atoms with Gasteiger partial charge < -0.3 is 15.5 Å². The highest BCUT2D eigenvalue weighted by atomic mass is 32.1. The van der Waals surface area contributed by atoms with Gasteiger partial charge in [0, 0.05) is 30.4 Å². The zero-order chi connectivity index (χ0) is 21.8. The van der Waals surface area contributed by atoms with Crippen molar-refractivity contribution in [2.75, 3.05) is 23.7 Å². The molecule has 0 radical (unpaired) electrons. The number of carbonyl (C=O) groups is 2. The van der Waals surface area contributed by atoms with Gasteiger partial charge in [0.25, 0.3) is 5.91 Å². The lowest BCUT2D eigenvalue weighted by Gasteiger charge is -2.31. The fourth-order valence-corrected chi connectivity index (χ4v) is 4.38. The van der Waals surface area contributed by atoms with Crippen molar-refractivity contribution in [1.82, 2.24) is 15.1 Å². The summed E-state index contributed by atoms with van der Waals surface area (Å²) < 4.78 is 0. The highest BCUT2D eigenvalue weighted by Gasteiger charge is 2.28. The summed E-state index contributed by atoms with van der Waals surface area (Å²) in [6.07, 6.45) is 1.80. The predicted molar refractivity (Wildman–Crippen MR) is 123 cm³/mol. The van der Waals surface area contributed by atoms with Gasteiger partial charge in [0.15, 0.2) is 0 Å². The van der Waals surface area contributed by atoms with Gasteiger partial charge in [-0.3, -0.25) is 4.79 Å². The third-order valence-electron chi connectivity index (χ3n) is 5.30. The first-order valence-corrected chi connectivity index (χ1v) is 11.1. The molecule has 1 aliphatic rings. The van der Waals surface area contributed by atoms with Crippen LogP contribution in [0.15, 0.2) is 48.5 Å². The third-order valence-corrected chi connectivity index (χ3v) is 6.39. The van der Waals surface area contributed by atoms with Crippen molar-refractivity contribution < 1.29 is 9.59 Å². The van der Waals surface area contributed by atoms with E-state index in [1.54, 1.807) is 0 Å². The van der Waals surface area contributed by atoms with Crippen molar-refractivity contribution in [2.24, 2.45) is 0 Å². The SMILES string of the molecule is Cc1ccc(NC(=O)c2nnc(C3CCCN(C(=O)Nc4ccc(C)cc4)C3)s2)cc1. The maximum absolute atomic E-state index is 12.7. The fourth-order valence-electron chi connectivity index (χ4n) is 3.52. The number of amides is 3. The number of piperidine rings is 1. The topological polar surface area (TPSA) is 87.2 Å². The Kier molecular flexibility index (Phi) is 6.27. The number of urea groups is 1. The molecule has 0 spiro atoms. The van der Waals surface area contributed by atoms with E-state index >= 15 is 0 Å². The summed E-state index contributed by atoms with van der Waals surface area (Å²) in [6, 6.07) is 15.2. The molecule has 1 atom stereocenters. The number of rotatable bonds is 4. The molecule has 0 aliphatic carbocycles. The average Bonchev–Trinajstić information content (AvgIpc) is 3.28. The average molecular weight is 436 g/mol. The number of likely N-dealkylation sites (tertiary alicyclic amines) is 1. The van der Waals surface area contributed by atoms with Crippen molar-refractivity contribution in [1.29, 1.82) is 0 Å². The van der Waals surface area contributed by atoms with Gasteiger partial charge >= 0.3 is 6.03 Å². The number of hydrogen-bond acceptors (Lipinski definition) is 5. The first-order chi connectivity index (χ1) is 15.0. The quantitative estimate of drug-likeness (QED) is 0.615. The zero-order valence-corrected chi connectivity index (χ0v) is 18.4. The van der Waals surface area contributed by atoms with E-state index in [-0.39, 0.29) is 17.9 Å². The first kappa shape index (κ1) is 21.0. The number of hydrogen-bond donors (Lipinski definition) is 2. The molecular weight excluding hydrogens is 410 g/mol. The van der Waals surface area contributed by atoms with E-state index in [0.717, 1.165) is 40.4 Å². The number of anilines is 2. The molecule has 3 amide bonds. The van der Waals surface area contributed by atoms with Gasteiger partial charge in [-0.1, -0.05) is 46.7 Å². The summed E-state index contributed by atoms with van der Waals surface area (Å²) in [7, 11) is 0. The summed E-state index contributed by atoms with van der Waals surface area (Å²) >= 11 is 1.30. The molecule has 0 bridgehead atoms. The molecule has 2 aromatic carbocycles. The van der Waals surface area contributed by atoms with Crippen LogP contribution in [0.4, 0.5) is 16.2 Å². The van der Waals surface area contributed by atoms with Crippen molar-refractivity contribution in [2.45, 2.75) is 32.6 Å². The normalized spacial score (nSPS) is 16.1. The molecule has 31 heavy (non-hydrogen) atoms. The Morgan fingerprint density at radius 2 is 1.55 bits per heavy atom. The number of benzene rings is 2. The summed E-state index contributed by atoms with van der Waals surface area (Å²) in [5, 5.41) is 15.3. The van der Waals surface area contributed by atoms with E-state index in [1.165, 1.54) is 11.3 Å². The van der Waals surface area contributed by atoms with Gasteiger partial charge in [0.1, 0.15) is 5.01 Å². The Morgan fingerprint density at radius 1 is 0.935 bits per heavy atom. The fraction of sp³-hybridized carbons (Fsp3) is 0.304. The third kappa shape index (κ3) is 5.27. The van der Waals surface area contributed by atoms with Crippen LogP contribution in [-0.4, -0.2) is 40.1 Å². The highest BCUT2D eigenvalue weighted by Crippen LogP contribution is 2.29. The molecule has 2 heterocycles. The van der Waals surface area contributed by atoms with Gasteiger partial charge in [-0.2, -0.15) is 0 Å². The lowest BCUT2D eigenvalue weighted by molar-refractivity contribution is 0.102. The lowest BCUT2D eigenvalue weighted by atomic mass is 9.99. The van der Waals surface area contributed by atoms with Crippen LogP contribution in [0, 0.1) is 13.8 Å². The van der Waals surface area contributed by atoms with Gasteiger partial charge in [-0.25, -0.2) is 4.79 Å². The second-order valence-corrected chi connectivity index (χ2v) is 8.86. The van der Waals surface area contributed by atoms with Crippen LogP contribution < -0.4 is 10.6 Å². The Hall–Kier alpha value is -3.26. The minimum absolute atomic E-state index is 0.0796. The van der Waals surface area contributed by atoms with Gasteiger partial charge in [-0.05, 0) is 51.0 Å². The smallest absolute Gasteiger partial charge is 0.321 e. The molecule has 8 heteroatoms. The minimum Gasteiger partial charge on any atom is -0.324 e. The maximum atomic E-state index is 12.7. The largest absolute Gasteiger partial charge is 0.324 e. The van der Waals surface area contributed by atoms with E-state index in [1.807, 2.05) is 67.3 Å². The van der Waals surface area contributed by atoms with Crippen LogP contribution in [0.3, 0.4) is 0 Å². The number of carbonyl (C=O) groups excluding carboxylic acids is 2. The van der Waals surface area contributed by atoms with Gasteiger partial charge in [-0.15, -0.1) is 10.2 Å². The molecule has 1 aromatic heterocycles. The van der Waals surface area contributed by atoms with Crippen LogP contribution in [0.1, 0.15) is 44.7 Å². The van der Waals surface area contributed by atoms with Gasteiger partial charge in [0.05, 0.1) is 0 Å². The first-order valence-electron chi connectivity index (χ1n) is 10.3. The second-order valence-electron chi connectivity index (χ2n) is 7.85. The van der Waals surface area contributed by atoms with Crippen molar-refractivity contribution in [3.8, 4) is 0 Å². The van der Waals surface area contributed by atoms with E-state index in [4.69, 9.17) is 0 Å². The van der Waals surface area contributed by atoms with Crippen molar-refractivity contribution in [3.05, 3.63) is 69.7 Å². The molecule has 160 valence electrons. The summed E-state index contributed by atoms with van der Waals surface area (Å²) in [4.78, 5) is 27.0. The Morgan fingerprint density at radius 3 is 2.19 bits per heavy atom. The van der Waals surface area contributed by atoms with Gasteiger partial charge in [0.2, 0.25) is 5.01 Å². The van der Waals surface area contributed by atoms with Crippen LogP contribution in [0.25, 0.3) is 0 Å². The number of aromatic nitrogens is 2. The van der Waals surface area contributed by atoms with Crippen LogP contribution in [0.2, 0.25) is 0 Å². The summed E-state index contributed by atoms with van der Waals surface area (Å²) in [5.74, 6) is -0.187. The zero-order valence-electron chi connectivity index (χ0n) is 17.6. The van der Waals surface area contributed by atoms with Crippen LogP contribution in [-0.2, 0) is 0 Å². The molecule has 1 fully saturated rings. The Balaban J connectivity index is 1.37. The standard InChI is InChI=1S/C23H25N5O2S/c1-15-5-9-18(10-6-15)24-20(29)22-27-26-21(31-22)17-4-3-13-28(14-17)23(30)25-19-11-7-16(2)8-12-19/h5-12,17H,3-4,13-14H2,1-2H3,(H,24,29)(H,25,30). The van der Waals surface area contributed by atoms with E-state index in [9.17, 15) is 9.59 Å². The summed E-state index contributed by atoms with van der Waals surface area (Å²) in [5.41, 5.74) is 3.78. The molecule has 1 unspecified atom stereocenters. The Bertz CT molecular complexity index is 1060. The van der Waals surface area contributed by atoms with E-state index in [0.29, 0.717) is 18.1 Å². The lowest BCUT2D eigenvalue weighted by Crippen LogP contribution is -2.41. The van der Waals surface area contributed by atoms with Crippen molar-refractivity contribution in [3.63, 3.8) is 0 Å².